The van der Waals surface area contributed by atoms with Crippen LogP contribution in [0.1, 0.15) is 38.2 Å². The summed E-state index contributed by atoms with van der Waals surface area (Å²) < 4.78 is 9.23. The molecule has 0 saturated carbocycles. The van der Waals surface area contributed by atoms with E-state index in [1.807, 2.05) is 39.9 Å². The first-order valence-electron chi connectivity index (χ1n) is 11.8. The van der Waals surface area contributed by atoms with Crippen LogP contribution in [0.15, 0.2) is 33.8 Å². The van der Waals surface area contributed by atoms with Crippen molar-refractivity contribution in [1.82, 2.24) is 14.4 Å². The summed E-state index contributed by atoms with van der Waals surface area (Å²) in [6.45, 7) is 5.45. The Morgan fingerprint density at radius 3 is 2.82 bits per heavy atom. The summed E-state index contributed by atoms with van der Waals surface area (Å²) in [5.74, 6) is 0.750. The minimum absolute atomic E-state index is 0.0588. The van der Waals surface area contributed by atoms with Crippen LogP contribution < -0.4 is 0 Å². The Balaban J connectivity index is 1.40. The highest BCUT2D eigenvalue weighted by molar-refractivity contribution is 9.10. The highest BCUT2D eigenvalue weighted by atomic mass is 79.9. The topological polar surface area (TPSA) is 54.8 Å². The van der Waals surface area contributed by atoms with E-state index in [9.17, 15) is 9.59 Å². The number of amides is 2. The zero-order chi connectivity index (χ0) is 23.8. The number of halogens is 1. The minimum atomic E-state index is -0.0695. The normalized spacial score (nSPS) is 23.1. The van der Waals surface area contributed by atoms with Crippen LogP contribution in [-0.4, -0.2) is 62.8 Å². The second-order valence-electron chi connectivity index (χ2n) is 9.36. The highest BCUT2D eigenvalue weighted by Crippen LogP contribution is 2.36. The lowest BCUT2D eigenvalue weighted by Gasteiger charge is -2.30. The number of likely N-dealkylation sites (tertiary alicyclic amines) is 1. The van der Waals surface area contributed by atoms with Crippen LogP contribution in [0.4, 0.5) is 0 Å². The first-order chi connectivity index (χ1) is 16.4. The molecule has 6 nitrogen and oxygen atoms in total. The molecule has 180 valence electrons. The van der Waals surface area contributed by atoms with Crippen molar-refractivity contribution < 1.29 is 14.3 Å². The molecule has 0 bridgehead atoms. The molecule has 34 heavy (non-hydrogen) atoms. The summed E-state index contributed by atoms with van der Waals surface area (Å²) in [5, 5.41) is 0.999. The first kappa shape index (κ1) is 24.0. The Morgan fingerprint density at radius 1 is 1.29 bits per heavy atom. The van der Waals surface area contributed by atoms with Crippen LogP contribution in [0.5, 0.6) is 0 Å². The SMILES string of the molecule is CC1CCN(C(=O)Cn2cc(/C=C3\SC(=S)N(C[C@@H]4CCCO4)C3=O)c3cc(Br)ccc32)CC1. The van der Waals surface area contributed by atoms with E-state index >= 15 is 0 Å². The van der Waals surface area contributed by atoms with Gasteiger partial charge in [0.2, 0.25) is 5.91 Å². The number of thioether (sulfide) groups is 1. The molecule has 1 atom stereocenters. The molecular formula is C25H28BrN3O3S2. The molecule has 3 fully saturated rings. The van der Waals surface area contributed by atoms with E-state index < -0.39 is 0 Å². The molecule has 2 aromatic rings. The van der Waals surface area contributed by atoms with Gasteiger partial charge in [-0.25, -0.2) is 0 Å². The Bertz CT molecular complexity index is 1160. The summed E-state index contributed by atoms with van der Waals surface area (Å²) in [6, 6.07) is 6.04. The summed E-state index contributed by atoms with van der Waals surface area (Å²) >= 11 is 10.4. The highest BCUT2D eigenvalue weighted by Gasteiger charge is 2.35. The number of benzene rings is 1. The van der Waals surface area contributed by atoms with Gasteiger partial charge in [-0.15, -0.1) is 0 Å². The van der Waals surface area contributed by atoms with Crippen LogP contribution in [0.25, 0.3) is 17.0 Å². The van der Waals surface area contributed by atoms with Crippen LogP contribution in [0.2, 0.25) is 0 Å². The summed E-state index contributed by atoms with van der Waals surface area (Å²) in [6.07, 6.45) is 8.05. The Kier molecular flexibility index (Phi) is 7.16. The molecule has 9 heteroatoms. The van der Waals surface area contributed by atoms with Crippen molar-refractivity contribution >= 4 is 73.0 Å². The van der Waals surface area contributed by atoms with Crippen molar-refractivity contribution in [1.29, 1.82) is 0 Å². The molecule has 3 aliphatic rings. The maximum absolute atomic E-state index is 13.1. The van der Waals surface area contributed by atoms with Crippen LogP contribution in [0.3, 0.4) is 0 Å². The summed E-state index contributed by atoms with van der Waals surface area (Å²) in [5.41, 5.74) is 1.89. The molecule has 0 N–H and O–H groups in total. The zero-order valence-corrected chi connectivity index (χ0v) is 22.4. The molecule has 5 rings (SSSR count). The first-order valence-corrected chi connectivity index (χ1v) is 13.8. The number of fused-ring (bicyclic) bond motifs is 1. The van der Waals surface area contributed by atoms with Gasteiger partial charge < -0.3 is 14.2 Å². The minimum Gasteiger partial charge on any atom is -0.376 e. The van der Waals surface area contributed by atoms with E-state index in [1.165, 1.54) is 11.8 Å². The molecule has 0 aliphatic carbocycles. The van der Waals surface area contributed by atoms with Gasteiger partial charge in [-0.05, 0) is 55.9 Å². The van der Waals surface area contributed by atoms with Gasteiger partial charge in [-0.1, -0.05) is 46.8 Å². The second kappa shape index (κ2) is 10.1. The number of carbonyl (C=O) groups is 2. The van der Waals surface area contributed by atoms with Gasteiger partial charge in [0.25, 0.3) is 5.91 Å². The quantitative estimate of drug-likeness (QED) is 0.378. The zero-order valence-electron chi connectivity index (χ0n) is 19.2. The van der Waals surface area contributed by atoms with Crippen LogP contribution in [-0.2, 0) is 20.9 Å². The van der Waals surface area contributed by atoms with Crippen molar-refractivity contribution in [2.75, 3.05) is 26.2 Å². The molecule has 2 amide bonds. The average molecular weight is 563 g/mol. The lowest BCUT2D eigenvalue weighted by Crippen LogP contribution is -2.39. The monoisotopic (exact) mass is 561 g/mol. The van der Waals surface area contributed by atoms with Crippen molar-refractivity contribution in [3.63, 3.8) is 0 Å². The third kappa shape index (κ3) is 4.98. The third-order valence-electron chi connectivity index (χ3n) is 6.89. The van der Waals surface area contributed by atoms with Crippen LogP contribution >= 0.6 is 39.9 Å². The van der Waals surface area contributed by atoms with Gasteiger partial charge in [0.05, 0.1) is 17.6 Å². The van der Waals surface area contributed by atoms with Gasteiger partial charge in [-0.3, -0.25) is 14.5 Å². The number of carbonyl (C=O) groups excluding carboxylic acids is 2. The molecule has 0 radical (unpaired) electrons. The van der Waals surface area contributed by atoms with Crippen LogP contribution in [0, 0.1) is 5.92 Å². The van der Waals surface area contributed by atoms with Gasteiger partial charge in [0.1, 0.15) is 10.9 Å². The molecule has 0 unspecified atom stereocenters. The molecule has 0 spiro atoms. The molecule has 1 aromatic heterocycles. The Hall–Kier alpha value is -1.68. The van der Waals surface area contributed by atoms with Gasteiger partial charge >= 0.3 is 0 Å². The number of rotatable bonds is 5. The Labute approximate surface area is 217 Å². The van der Waals surface area contributed by atoms with E-state index in [1.54, 1.807) is 4.90 Å². The van der Waals surface area contributed by atoms with Crippen molar-refractivity contribution in [3.05, 3.63) is 39.3 Å². The van der Waals surface area contributed by atoms with E-state index in [-0.39, 0.29) is 17.9 Å². The van der Waals surface area contributed by atoms with Crippen molar-refractivity contribution in [3.8, 4) is 0 Å². The number of thiocarbonyl (C=S) groups is 1. The maximum atomic E-state index is 13.1. The molecule has 4 heterocycles. The molecule has 3 saturated heterocycles. The fourth-order valence-corrected chi connectivity index (χ4v) is 6.46. The van der Waals surface area contributed by atoms with Gasteiger partial charge in [0, 0.05) is 46.8 Å². The van der Waals surface area contributed by atoms with Gasteiger partial charge in [0.15, 0.2) is 0 Å². The predicted octanol–water partition coefficient (Wildman–Crippen LogP) is 5.04. The number of aromatic nitrogens is 1. The largest absolute Gasteiger partial charge is 0.376 e. The van der Waals surface area contributed by atoms with E-state index in [2.05, 4.69) is 22.9 Å². The van der Waals surface area contributed by atoms with Gasteiger partial charge in [-0.2, -0.15) is 0 Å². The lowest BCUT2D eigenvalue weighted by atomic mass is 9.99. The summed E-state index contributed by atoms with van der Waals surface area (Å²) in [7, 11) is 0. The number of hydrogen-bond acceptors (Lipinski definition) is 5. The van der Waals surface area contributed by atoms with Crippen molar-refractivity contribution in [2.24, 2.45) is 5.92 Å². The molecule has 3 aliphatic heterocycles. The molecular weight excluding hydrogens is 534 g/mol. The number of piperidine rings is 1. The van der Waals surface area contributed by atoms with E-state index in [0.29, 0.717) is 28.2 Å². The fourth-order valence-electron chi connectivity index (χ4n) is 4.84. The standard InChI is InChI=1S/C25H28BrN3O3S2/c1-16-6-8-27(9-7-16)23(30)15-28-13-17(20-12-18(26)4-5-21(20)28)11-22-24(31)29(25(33)34-22)14-19-3-2-10-32-19/h4-5,11-13,16,19H,2-3,6-10,14-15H2,1H3/b22-11-/t19-/m0/s1. The lowest BCUT2D eigenvalue weighted by molar-refractivity contribution is -0.133. The average Bonchev–Trinajstić information content (AvgIpc) is 3.51. The number of ether oxygens (including phenoxy) is 1. The maximum Gasteiger partial charge on any atom is 0.266 e. The second-order valence-corrected chi connectivity index (χ2v) is 12.0. The van der Waals surface area contributed by atoms with E-state index in [0.717, 1.165) is 66.3 Å². The third-order valence-corrected chi connectivity index (χ3v) is 8.76. The fraction of sp³-hybridized carbons (Fsp3) is 0.480. The predicted molar refractivity (Wildman–Crippen MR) is 143 cm³/mol. The Morgan fingerprint density at radius 2 is 2.09 bits per heavy atom. The number of nitrogens with zero attached hydrogens (tertiary/aromatic N) is 3. The number of hydrogen-bond donors (Lipinski definition) is 0. The molecule has 1 aromatic carbocycles. The van der Waals surface area contributed by atoms with E-state index in [4.69, 9.17) is 17.0 Å². The smallest absolute Gasteiger partial charge is 0.266 e. The summed E-state index contributed by atoms with van der Waals surface area (Å²) in [4.78, 5) is 30.4. The van der Waals surface area contributed by atoms with Crippen molar-refractivity contribution in [2.45, 2.75) is 45.3 Å².